The summed E-state index contributed by atoms with van der Waals surface area (Å²) in [6.45, 7) is 1.74. The molecule has 29 heavy (non-hydrogen) atoms. The van der Waals surface area contributed by atoms with E-state index in [1.54, 1.807) is 38.3 Å². The van der Waals surface area contributed by atoms with Crippen molar-refractivity contribution < 1.29 is 14.3 Å². The molecule has 0 saturated carbocycles. The monoisotopic (exact) mass is 387 g/mol. The molecular formula is C23H21N3O3. The SMILES string of the molecule is COc1ccc(NC(=O)C2=C(C)NC(=O)N[C@H]2c2cccc3ccccc23)cc1. The van der Waals surface area contributed by atoms with E-state index in [1.165, 1.54) is 0 Å². The molecule has 146 valence electrons. The van der Waals surface area contributed by atoms with Crippen LogP contribution in [0.1, 0.15) is 18.5 Å². The minimum Gasteiger partial charge on any atom is -0.497 e. The molecule has 3 aromatic carbocycles. The van der Waals surface area contributed by atoms with Crippen LogP contribution in [0.15, 0.2) is 78.0 Å². The van der Waals surface area contributed by atoms with Gasteiger partial charge in [-0.2, -0.15) is 0 Å². The van der Waals surface area contributed by atoms with Gasteiger partial charge in [0.1, 0.15) is 5.75 Å². The van der Waals surface area contributed by atoms with Crippen LogP contribution in [0.2, 0.25) is 0 Å². The number of amides is 3. The van der Waals surface area contributed by atoms with Gasteiger partial charge in [-0.15, -0.1) is 0 Å². The average Bonchev–Trinajstić information content (AvgIpc) is 2.73. The van der Waals surface area contributed by atoms with E-state index in [4.69, 9.17) is 4.74 Å². The zero-order valence-electron chi connectivity index (χ0n) is 16.2. The molecule has 3 amide bonds. The van der Waals surface area contributed by atoms with Crippen LogP contribution >= 0.6 is 0 Å². The fourth-order valence-electron chi connectivity index (χ4n) is 3.60. The average molecular weight is 387 g/mol. The second-order valence-corrected chi connectivity index (χ2v) is 6.82. The Kier molecular flexibility index (Phi) is 4.91. The minimum absolute atomic E-state index is 0.280. The van der Waals surface area contributed by atoms with Crippen molar-refractivity contribution in [3.63, 3.8) is 0 Å². The molecule has 6 nitrogen and oxygen atoms in total. The normalized spacial score (nSPS) is 16.2. The van der Waals surface area contributed by atoms with Crippen molar-refractivity contribution in [3.8, 4) is 5.75 Å². The molecule has 0 saturated heterocycles. The second kappa shape index (κ2) is 7.67. The quantitative estimate of drug-likeness (QED) is 0.630. The molecule has 0 unspecified atom stereocenters. The number of rotatable bonds is 4. The van der Waals surface area contributed by atoms with Gasteiger partial charge in [-0.3, -0.25) is 4.79 Å². The first kappa shape index (κ1) is 18.6. The summed E-state index contributed by atoms with van der Waals surface area (Å²) in [5.41, 5.74) is 2.51. The second-order valence-electron chi connectivity index (χ2n) is 6.82. The summed E-state index contributed by atoms with van der Waals surface area (Å²) in [7, 11) is 1.59. The fourth-order valence-corrected chi connectivity index (χ4v) is 3.60. The van der Waals surface area contributed by atoms with Crippen LogP contribution in [0.3, 0.4) is 0 Å². The lowest BCUT2D eigenvalue weighted by molar-refractivity contribution is -0.113. The van der Waals surface area contributed by atoms with Crippen LogP contribution < -0.4 is 20.7 Å². The predicted octanol–water partition coefficient (Wildman–Crippen LogP) is 4.12. The fraction of sp³-hybridized carbons (Fsp3) is 0.130. The smallest absolute Gasteiger partial charge is 0.319 e. The molecule has 0 aromatic heterocycles. The van der Waals surface area contributed by atoms with Gasteiger partial charge in [-0.05, 0) is 47.5 Å². The van der Waals surface area contributed by atoms with E-state index in [1.807, 2.05) is 42.5 Å². The number of carbonyl (C=O) groups excluding carboxylic acids is 2. The summed E-state index contributed by atoms with van der Waals surface area (Å²) in [5, 5.41) is 10.6. The number of fused-ring (bicyclic) bond motifs is 1. The van der Waals surface area contributed by atoms with Crippen molar-refractivity contribution in [2.45, 2.75) is 13.0 Å². The molecular weight excluding hydrogens is 366 g/mol. The predicted molar refractivity (Wildman–Crippen MR) is 113 cm³/mol. The number of methoxy groups -OCH3 is 1. The van der Waals surface area contributed by atoms with Gasteiger partial charge in [-0.1, -0.05) is 42.5 Å². The maximum atomic E-state index is 13.2. The van der Waals surface area contributed by atoms with Crippen LogP contribution in [-0.4, -0.2) is 19.0 Å². The lowest BCUT2D eigenvalue weighted by Crippen LogP contribution is -2.46. The topological polar surface area (TPSA) is 79.5 Å². The highest BCUT2D eigenvalue weighted by Crippen LogP contribution is 2.32. The molecule has 3 aromatic rings. The van der Waals surface area contributed by atoms with Crippen LogP contribution in [0.5, 0.6) is 5.75 Å². The van der Waals surface area contributed by atoms with E-state index in [-0.39, 0.29) is 11.9 Å². The first-order valence-corrected chi connectivity index (χ1v) is 9.28. The Morgan fingerprint density at radius 1 is 1.00 bits per heavy atom. The number of hydrogen-bond acceptors (Lipinski definition) is 3. The minimum atomic E-state index is -0.562. The van der Waals surface area contributed by atoms with Crippen molar-refractivity contribution >= 4 is 28.4 Å². The molecule has 1 aliphatic heterocycles. The van der Waals surface area contributed by atoms with Crippen molar-refractivity contribution in [2.75, 3.05) is 12.4 Å². The molecule has 4 rings (SSSR count). The maximum absolute atomic E-state index is 13.2. The van der Waals surface area contributed by atoms with E-state index in [2.05, 4.69) is 16.0 Å². The van der Waals surface area contributed by atoms with Crippen molar-refractivity contribution in [2.24, 2.45) is 0 Å². The third-order valence-electron chi connectivity index (χ3n) is 5.00. The molecule has 0 fully saturated rings. The van der Waals surface area contributed by atoms with Crippen molar-refractivity contribution in [1.29, 1.82) is 0 Å². The summed E-state index contributed by atoms with van der Waals surface area (Å²) in [4.78, 5) is 25.4. The maximum Gasteiger partial charge on any atom is 0.319 e. The number of hydrogen-bond donors (Lipinski definition) is 3. The van der Waals surface area contributed by atoms with E-state index < -0.39 is 6.04 Å². The first-order chi connectivity index (χ1) is 14.1. The Bertz CT molecular complexity index is 1110. The van der Waals surface area contributed by atoms with Gasteiger partial charge in [-0.25, -0.2) is 4.79 Å². The molecule has 0 spiro atoms. The Hall–Kier alpha value is -3.80. The highest BCUT2D eigenvalue weighted by molar-refractivity contribution is 6.07. The summed E-state index contributed by atoms with van der Waals surface area (Å²) in [5.74, 6) is 0.428. The van der Waals surface area contributed by atoms with Crippen LogP contribution in [0, 0.1) is 0 Å². The number of ether oxygens (including phenoxy) is 1. The third-order valence-corrected chi connectivity index (χ3v) is 5.00. The van der Waals surface area contributed by atoms with Crippen molar-refractivity contribution in [3.05, 3.63) is 83.6 Å². The summed E-state index contributed by atoms with van der Waals surface area (Å²) < 4.78 is 5.16. The van der Waals surface area contributed by atoms with Crippen LogP contribution in [0.4, 0.5) is 10.5 Å². The molecule has 0 radical (unpaired) electrons. The third kappa shape index (κ3) is 3.65. The number of carbonyl (C=O) groups is 2. The van der Waals surface area contributed by atoms with Gasteiger partial charge in [0.05, 0.1) is 18.7 Å². The summed E-state index contributed by atoms with van der Waals surface area (Å²) in [6, 6.07) is 20.0. The lowest BCUT2D eigenvalue weighted by Gasteiger charge is -2.29. The molecule has 1 aliphatic rings. The number of nitrogens with one attached hydrogen (secondary N) is 3. The van der Waals surface area contributed by atoms with Crippen LogP contribution in [-0.2, 0) is 4.79 Å². The highest BCUT2D eigenvalue weighted by atomic mass is 16.5. The lowest BCUT2D eigenvalue weighted by atomic mass is 9.91. The Morgan fingerprint density at radius 3 is 2.48 bits per heavy atom. The molecule has 1 atom stereocenters. The summed E-state index contributed by atoms with van der Waals surface area (Å²) >= 11 is 0. The molecule has 1 heterocycles. The molecule has 6 heteroatoms. The molecule has 0 bridgehead atoms. The molecule has 0 aliphatic carbocycles. The number of allylic oxidation sites excluding steroid dienone is 1. The number of anilines is 1. The number of urea groups is 1. The Morgan fingerprint density at radius 2 is 1.72 bits per heavy atom. The van der Waals surface area contributed by atoms with E-state index >= 15 is 0 Å². The van der Waals surface area contributed by atoms with Gasteiger partial charge < -0.3 is 20.7 Å². The Balaban J connectivity index is 1.73. The van der Waals surface area contributed by atoms with Crippen molar-refractivity contribution in [1.82, 2.24) is 10.6 Å². The zero-order valence-corrected chi connectivity index (χ0v) is 16.2. The van der Waals surface area contributed by atoms with Gasteiger partial charge in [0, 0.05) is 11.4 Å². The van der Waals surface area contributed by atoms with E-state index in [0.717, 1.165) is 16.3 Å². The van der Waals surface area contributed by atoms with Gasteiger partial charge in [0.2, 0.25) is 0 Å². The van der Waals surface area contributed by atoms with E-state index in [9.17, 15) is 9.59 Å². The van der Waals surface area contributed by atoms with E-state index in [0.29, 0.717) is 22.7 Å². The van der Waals surface area contributed by atoms with Gasteiger partial charge in [0.25, 0.3) is 5.91 Å². The standard InChI is InChI=1S/C23H21N3O3/c1-14-20(22(27)25-16-10-12-17(29-2)13-11-16)21(26-23(28)24-14)19-9-5-7-15-6-3-4-8-18(15)19/h3-13,21H,1-2H3,(H,25,27)(H2,24,26,28)/t21-/m0/s1. The van der Waals surface area contributed by atoms with Crippen LogP contribution in [0.25, 0.3) is 10.8 Å². The number of benzene rings is 3. The van der Waals surface area contributed by atoms with Gasteiger partial charge >= 0.3 is 6.03 Å². The largest absolute Gasteiger partial charge is 0.497 e. The molecule has 3 N–H and O–H groups in total. The van der Waals surface area contributed by atoms with Gasteiger partial charge in [0.15, 0.2) is 0 Å². The zero-order chi connectivity index (χ0) is 20.4. The summed E-state index contributed by atoms with van der Waals surface area (Å²) in [6.07, 6.45) is 0. The Labute approximate surface area is 168 Å². The first-order valence-electron chi connectivity index (χ1n) is 9.28. The highest BCUT2D eigenvalue weighted by Gasteiger charge is 2.32.